The van der Waals surface area contributed by atoms with Gasteiger partial charge in [-0.1, -0.05) is 25.1 Å². The van der Waals surface area contributed by atoms with Gasteiger partial charge < -0.3 is 9.47 Å². The molecular weight excluding hydrogens is 419 g/mol. The molecule has 0 spiro atoms. The number of carbonyl (C=O) groups is 1. The molecule has 2 rings (SSSR count). The van der Waals surface area contributed by atoms with Crippen molar-refractivity contribution >= 4 is 34.7 Å². The Hall–Kier alpha value is -2.09. The molecule has 0 saturated heterocycles. The van der Waals surface area contributed by atoms with Crippen molar-refractivity contribution in [3.63, 3.8) is 0 Å². The Kier molecular flexibility index (Phi) is 7.05. The minimum absolute atomic E-state index is 0.253. The molecule has 6 heteroatoms. The number of halogens is 1. The van der Waals surface area contributed by atoms with Gasteiger partial charge in [0.1, 0.15) is 0 Å². The number of hydrogen-bond acceptors (Lipinski definition) is 4. The zero-order valence-corrected chi connectivity index (χ0v) is 15.7. The highest BCUT2D eigenvalue weighted by molar-refractivity contribution is 14.1. The maximum absolute atomic E-state index is 11.9. The number of benzene rings is 2. The minimum atomic E-state index is -0.253. The van der Waals surface area contributed by atoms with Crippen molar-refractivity contribution in [3.8, 4) is 11.5 Å². The second-order valence-electron chi connectivity index (χ2n) is 4.95. The quantitative estimate of drug-likeness (QED) is 0.406. The van der Waals surface area contributed by atoms with Crippen molar-refractivity contribution in [1.82, 2.24) is 5.43 Å². The van der Waals surface area contributed by atoms with Crippen LogP contribution in [0.15, 0.2) is 47.6 Å². The van der Waals surface area contributed by atoms with Gasteiger partial charge in [-0.15, -0.1) is 0 Å². The molecule has 5 nitrogen and oxygen atoms in total. The van der Waals surface area contributed by atoms with E-state index in [-0.39, 0.29) is 5.91 Å². The summed E-state index contributed by atoms with van der Waals surface area (Å²) >= 11 is 2.20. The number of nitrogens with one attached hydrogen (secondary N) is 1. The SMILES string of the molecule is CCCOc1c(I)cc(/C=N/NC(=O)c2ccccc2)cc1OC. The number of hydrogen-bond donors (Lipinski definition) is 1. The lowest BCUT2D eigenvalue weighted by atomic mass is 10.2. The van der Waals surface area contributed by atoms with Crippen molar-refractivity contribution in [2.45, 2.75) is 13.3 Å². The van der Waals surface area contributed by atoms with Crippen LogP contribution in [0.5, 0.6) is 11.5 Å². The Morgan fingerprint density at radius 2 is 2.04 bits per heavy atom. The first-order chi connectivity index (χ1) is 11.7. The molecule has 0 atom stereocenters. The summed E-state index contributed by atoms with van der Waals surface area (Å²) < 4.78 is 12.0. The van der Waals surface area contributed by atoms with Crippen LogP contribution in [0.1, 0.15) is 29.3 Å². The van der Waals surface area contributed by atoms with E-state index < -0.39 is 0 Å². The third kappa shape index (κ3) is 4.95. The fraction of sp³-hybridized carbons (Fsp3) is 0.222. The normalized spacial score (nSPS) is 10.6. The van der Waals surface area contributed by atoms with Crippen molar-refractivity contribution in [2.24, 2.45) is 5.10 Å². The van der Waals surface area contributed by atoms with Gasteiger partial charge in [0.2, 0.25) is 0 Å². The van der Waals surface area contributed by atoms with Crippen LogP contribution in [-0.2, 0) is 0 Å². The third-order valence-corrected chi connectivity index (χ3v) is 3.92. The van der Waals surface area contributed by atoms with Gasteiger partial charge in [0.05, 0.1) is 23.5 Å². The second-order valence-corrected chi connectivity index (χ2v) is 6.11. The number of nitrogens with zero attached hydrogens (tertiary/aromatic N) is 1. The van der Waals surface area contributed by atoms with Crippen molar-refractivity contribution in [3.05, 3.63) is 57.2 Å². The largest absolute Gasteiger partial charge is 0.493 e. The van der Waals surface area contributed by atoms with E-state index in [1.807, 2.05) is 18.2 Å². The highest BCUT2D eigenvalue weighted by Crippen LogP contribution is 2.33. The van der Waals surface area contributed by atoms with Gasteiger partial charge in [-0.2, -0.15) is 5.10 Å². The van der Waals surface area contributed by atoms with E-state index in [2.05, 4.69) is 40.0 Å². The van der Waals surface area contributed by atoms with Crippen LogP contribution in [0.25, 0.3) is 0 Å². The predicted octanol–water partition coefficient (Wildman–Crippen LogP) is 3.85. The van der Waals surface area contributed by atoms with Gasteiger partial charge in [0, 0.05) is 5.56 Å². The van der Waals surface area contributed by atoms with Crippen LogP contribution in [0.3, 0.4) is 0 Å². The molecule has 126 valence electrons. The van der Waals surface area contributed by atoms with E-state index in [1.54, 1.807) is 37.6 Å². The molecule has 0 saturated carbocycles. The average molecular weight is 438 g/mol. The molecule has 0 bridgehead atoms. The lowest BCUT2D eigenvalue weighted by molar-refractivity contribution is 0.0955. The summed E-state index contributed by atoms with van der Waals surface area (Å²) in [4.78, 5) is 11.9. The van der Waals surface area contributed by atoms with Gasteiger partial charge >= 0.3 is 0 Å². The number of methoxy groups -OCH3 is 1. The topological polar surface area (TPSA) is 59.9 Å². The van der Waals surface area contributed by atoms with E-state index in [1.165, 1.54) is 0 Å². The first kappa shape index (κ1) is 18.3. The number of carbonyl (C=O) groups excluding carboxylic acids is 1. The van der Waals surface area contributed by atoms with Crippen LogP contribution in [0, 0.1) is 3.57 Å². The van der Waals surface area contributed by atoms with Gasteiger partial charge in [0.15, 0.2) is 11.5 Å². The average Bonchev–Trinajstić information content (AvgIpc) is 2.61. The molecule has 0 fully saturated rings. The van der Waals surface area contributed by atoms with Gasteiger partial charge in [-0.25, -0.2) is 5.43 Å². The number of ether oxygens (including phenoxy) is 2. The molecule has 0 heterocycles. The highest BCUT2D eigenvalue weighted by Gasteiger charge is 2.11. The molecule has 2 aromatic rings. The van der Waals surface area contributed by atoms with Crippen molar-refractivity contribution < 1.29 is 14.3 Å². The number of hydrazone groups is 1. The Labute approximate surface area is 155 Å². The predicted molar refractivity (Wildman–Crippen MR) is 103 cm³/mol. The lowest BCUT2D eigenvalue weighted by Crippen LogP contribution is -2.17. The second kappa shape index (κ2) is 9.27. The Morgan fingerprint density at radius 3 is 2.71 bits per heavy atom. The van der Waals surface area contributed by atoms with E-state index in [0.29, 0.717) is 17.9 Å². The monoisotopic (exact) mass is 438 g/mol. The van der Waals surface area contributed by atoms with E-state index in [0.717, 1.165) is 21.3 Å². The molecule has 0 aliphatic rings. The van der Waals surface area contributed by atoms with E-state index in [4.69, 9.17) is 9.47 Å². The lowest BCUT2D eigenvalue weighted by Gasteiger charge is -2.12. The zero-order valence-electron chi connectivity index (χ0n) is 13.6. The Balaban J connectivity index is 2.09. The summed E-state index contributed by atoms with van der Waals surface area (Å²) in [6.45, 7) is 2.68. The highest BCUT2D eigenvalue weighted by atomic mass is 127. The number of rotatable bonds is 7. The molecule has 24 heavy (non-hydrogen) atoms. The summed E-state index contributed by atoms with van der Waals surface area (Å²) in [5.41, 5.74) is 3.88. The first-order valence-corrected chi connectivity index (χ1v) is 8.62. The van der Waals surface area contributed by atoms with Crippen molar-refractivity contribution in [2.75, 3.05) is 13.7 Å². The summed E-state index contributed by atoms with van der Waals surface area (Å²) in [5, 5.41) is 4.00. The molecule has 0 unspecified atom stereocenters. The van der Waals surface area contributed by atoms with Gasteiger partial charge in [0.25, 0.3) is 5.91 Å². The van der Waals surface area contributed by atoms with E-state index >= 15 is 0 Å². The Bertz CT molecular complexity index is 718. The van der Waals surface area contributed by atoms with Gasteiger partial charge in [-0.3, -0.25) is 4.79 Å². The van der Waals surface area contributed by atoms with Crippen LogP contribution >= 0.6 is 22.6 Å². The van der Waals surface area contributed by atoms with Gasteiger partial charge in [-0.05, 0) is 58.8 Å². The summed E-state index contributed by atoms with van der Waals surface area (Å²) in [7, 11) is 1.60. The standard InChI is InChI=1S/C18H19IN2O3/c1-3-9-24-17-15(19)10-13(11-16(17)23-2)12-20-21-18(22)14-7-5-4-6-8-14/h4-8,10-12H,3,9H2,1-2H3,(H,21,22)/b20-12+. The molecule has 2 aromatic carbocycles. The molecular formula is C18H19IN2O3. The summed E-state index contributed by atoms with van der Waals surface area (Å²) in [6, 6.07) is 12.7. The summed E-state index contributed by atoms with van der Waals surface area (Å²) in [5.74, 6) is 1.12. The van der Waals surface area contributed by atoms with Crippen LogP contribution in [-0.4, -0.2) is 25.8 Å². The fourth-order valence-corrected chi connectivity index (χ4v) is 2.76. The smallest absolute Gasteiger partial charge is 0.271 e. The third-order valence-electron chi connectivity index (χ3n) is 3.12. The fourth-order valence-electron chi connectivity index (χ4n) is 1.98. The van der Waals surface area contributed by atoms with E-state index in [9.17, 15) is 4.79 Å². The molecule has 1 amide bonds. The first-order valence-electron chi connectivity index (χ1n) is 7.54. The molecule has 0 radical (unpaired) electrons. The molecule has 0 aromatic heterocycles. The van der Waals surface area contributed by atoms with Crippen LogP contribution in [0.2, 0.25) is 0 Å². The molecule has 1 N–H and O–H groups in total. The number of amides is 1. The molecule has 0 aliphatic carbocycles. The zero-order chi connectivity index (χ0) is 17.4. The van der Waals surface area contributed by atoms with Crippen LogP contribution < -0.4 is 14.9 Å². The maximum Gasteiger partial charge on any atom is 0.271 e. The minimum Gasteiger partial charge on any atom is -0.493 e. The maximum atomic E-state index is 11.9. The van der Waals surface area contributed by atoms with Crippen molar-refractivity contribution in [1.29, 1.82) is 0 Å². The Morgan fingerprint density at radius 1 is 1.29 bits per heavy atom. The summed E-state index contributed by atoms with van der Waals surface area (Å²) in [6.07, 6.45) is 2.50. The molecule has 0 aliphatic heterocycles. The van der Waals surface area contributed by atoms with Crippen LogP contribution in [0.4, 0.5) is 0 Å².